The molecule has 0 saturated heterocycles. The maximum absolute atomic E-state index is 13.1. The fourth-order valence-corrected chi connectivity index (χ4v) is 3.04. The summed E-state index contributed by atoms with van der Waals surface area (Å²) < 4.78 is 14.7. The smallest absolute Gasteiger partial charge is 0.262 e. The minimum atomic E-state index is -0.293. The second kappa shape index (κ2) is 6.79. The van der Waals surface area contributed by atoms with Crippen LogP contribution in [-0.4, -0.2) is 15.3 Å². The molecule has 3 aromatic rings. The number of hydrogen-bond acceptors (Lipinski definition) is 3. The zero-order chi connectivity index (χ0) is 16.2. The Balaban J connectivity index is 2.11. The average molecular weight is 326 g/mol. The number of hydrogen-bond donors (Lipinski definition) is 0. The molecule has 0 unspecified atom stereocenters. The number of benzene rings is 2. The molecule has 2 aromatic carbocycles. The van der Waals surface area contributed by atoms with E-state index in [9.17, 15) is 9.18 Å². The third kappa shape index (κ3) is 3.35. The molecular formula is C18H15FN2OS. The van der Waals surface area contributed by atoms with E-state index in [-0.39, 0.29) is 11.4 Å². The predicted molar refractivity (Wildman–Crippen MR) is 92.4 cm³/mol. The minimum absolute atomic E-state index is 0.0912. The van der Waals surface area contributed by atoms with Crippen LogP contribution in [0.1, 0.15) is 5.56 Å². The van der Waals surface area contributed by atoms with Gasteiger partial charge in [-0.15, -0.1) is 6.58 Å². The van der Waals surface area contributed by atoms with Gasteiger partial charge in [-0.2, -0.15) is 0 Å². The van der Waals surface area contributed by atoms with Gasteiger partial charge >= 0.3 is 0 Å². The number of rotatable bonds is 5. The highest BCUT2D eigenvalue weighted by Gasteiger charge is 2.11. The molecule has 0 N–H and O–H groups in total. The molecule has 116 valence electrons. The summed E-state index contributed by atoms with van der Waals surface area (Å²) >= 11 is 1.46. The van der Waals surface area contributed by atoms with Crippen molar-refractivity contribution in [1.82, 2.24) is 9.55 Å². The molecule has 0 aliphatic carbocycles. The lowest BCUT2D eigenvalue weighted by Gasteiger charge is -2.12. The van der Waals surface area contributed by atoms with Gasteiger partial charge in [-0.3, -0.25) is 9.36 Å². The van der Waals surface area contributed by atoms with Crippen LogP contribution in [0, 0.1) is 5.82 Å². The second-order valence-electron chi connectivity index (χ2n) is 5.03. The van der Waals surface area contributed by atoms with Crippen molar-refractivity contribution in [2.24, 2.45) is 0 Å². The predicted octanol–water partition coefficient (Wildman–Crippen LogP) is 3.86. The molecule has 0 atom stereocenters. The van der Waals surface area contributed by atoms with Crippen LogP contribution in [0.15, 0.2) is 71.1 Å². The molecular weight excluding hydrogens is 311 g/mol. The van der Waals surface area contributed by atoms with Gasteiger partial charge in [-0.1, -0.05) is 42.1 Å². The Morgan fingerprint density at radius 2 is 1.91 bits per heavy atom. The van der Waals surface area contributed by atoms with Gasteiger partial charge in [0.1, 0.15) is 5.82 Å². The summed E-state index contributed by atoms with van der Waals surface area (Å²) in [5.41, 5.74) is 1.44. The van der Waals surface area contributed by atoms with Gasteiger partial charge in [0.05, 0.1) is 17.4 Å². The molecule has 0 spiro atoms. The van der Waals surface area contributed by atoms with Gasteiger partial charge < -0.3 is 0 Å². The maximum Gasteiger partial charge on any atom is 0.262 e. The second-order valence-corrected chi connectivity index (χ2v) is 6.02. The number of fused-ring (bicyclic) bond motifs is 1. The monoisotopic (exact) mass is 326 g/mol. The molecule has 3 nitrogen and oxygen atoms in total. The van der Waals surface area contributed by atoms with Gasteiger partial charge in [-0.25, -0.2) is 9.37 Å². The molecule has 0 bridgehead atoms. The van der Waals surface area contributed by atoms with Gasteiger partial charge in [0.25, 0.3) is 5.56 Å². The molecule has 0 aliphatic heterocycles. The lowest BCUT2D eigenvalue weighted by molar-refractivity contribution is 0.622. The van der Waals surface area contributed by atoms with Crippen LogP contribution in [-0.2, 0) is 6.54 Å². The van der Waals surface area contributed by atoms with Crippen LogP contribution in [0.4, 0.5) is 4.39 Å². The van der Waals surface area contributed by atoms with E-state index in [1.807, 2.05) is 18.2 Å². The van der Waals surface area contributed by atoms with Crippen LogP contribution in [0.2, 0.25) is 0 Å². The molecule has 23 heavy (non-hydrogen) atoms. The van der Waals surface area contributed by atoms with Crippen molar-refractivity contribution in [3.8, 4) is 0 Å². The van der Waals surface area contributed by atoms with E-state index < -0.39 is 0 Å². The molecule has 0 amide bonds. The normalized spacial score (nSPS) is 10.8. The summed E-state index contributed by atoms with van der Waals surface area (Å²) in [6, 6.07) is 13.4. The zero-order valence-corrected chi connectivity index (χ0v) is 13.2. The van der Waals surface area contributed by atoms with Crippen LogP contribution >= 0.6 is 11.8 Å². The summed E-state index contributed by atoms with van der Waals surface area (Å²) in [5, 5.41) is 1.22. The third-order valence-electron chi connectivity index (χ3n) is 3.41. The summed E-state index contributed by atoms with van der Waals surface area (Å²) in [5.74, 6) is 0.368. The van der Waals surface area contributed by atoms with Gasteiger partial charge in [-0.05, 0) is 29.8 Å². The molecule has 0 fully saturated rings. The molecule has 1 heterocycles. The van der Waals surface area contributed by atoms with Crippen molar-refractivity contribution in [3.63, 3.8) is 0 Å². The minimum Gasteiger partial charge on any atom is -0.283 e. The van der Waals surface area contributed by atoms with Crippen molar-refractivity contribution >= 4 is 22.7 Å². The molecule has 3 rings (SSSR count). The van der Waals surface area contributed by atoms with Crippen LogP contribution in [0.25, 0.3) is 10.9 Å². The Morgan fingerprint density at radius 3 is 2.65 bits per heavy atom. The van der Waals surface area contributed by atoms with E-state index in [2.05, 4.69) is 11.6 Å². The average Bonchev–Trinajstić information content (AvgIpc) is 2.57. The summed E-state index contributed by atoms with van der Waals surface area (Å²) in [4.78, 5) is 17.4. The highest BCUT2D eigenvalue weighted by atomic mass is 32.2. The quantitative estimate of drug-likeness (QED) is 0.406. The van der Waals surface area contributed by atoms with E-state index in [1.165, 1.54) is 23.9 Å². The Bertz CT molecular complexity index is 903. The van der Waals surface area contributed by atoms with Crippen molar-refractivity contribution in [2.75, 3.05) is 5.75 Å². The van der Waals surface area contributed by atoms with Crippen molar-refractivity contribution in [1.29, 1.82) is 0 Å². The molecule has 0 radical (unpaired) electrons. The van der Waals surface area contributed by atoms with E-state index in [4.69, 9.17) is 0 Å². The molecule has 0 saturated carbocycles. The van der Waals surface area contributed by atoms with Crippen LogP contribution in [0.3, 0.4) is 0 Å². The largest absolute Gasteiger partial charge is 0.283 e. The first-order valence-electron chi connectivity index (χ1n) is 7.17. The fraction of sp³-hybridized carbons (Fsp3) is 0.111. The third-order valence-corrected chi connectivity index (χ3v) is 4.38. The summed E-state index contributed by atoms with van der Waals surface area (Å²) in [6.07, 6.45) is 1.77. The lowest BCUT2D eigenvalue weighted by Crippen LogP contribution is -2.24. The first kappa shape index (κ1) is 15.5. The highest BCUT2D eigenvalue weighted by Crippen LogP contribution is 2.19. The molecule has 0 aliphatic rings. The van der Waals surface area contributed by atoms with Crippen LogP contribution < -0.4 is 5.56 Å². The number of halogens is 1. The summed E-state index contributed by atoms with van der Waals surface area (Å²) in [6.45, 7) is 4.06. The van der Waals surface area contributed by atoms with E-state index in [1.54, 1.807) is 28.8 Å². The number of nitrogens with zero attached hydrogens (tertiary/aromatic N) is 2. The summed E-state index contributed by atoms with van der Waals surface area (Å²) in [7, 11) is 0. The van der Waals surface area contributed by atoms with Gasteiger partial charge in [0.2, 0.25) is 0 Å². The highest BCUT2D eigenvalue weighted by molar-refractivity contribution is 7.99. The Kier molecular flexibility index (Phi) is 4.57. The van der Waals surface area contributed by atoms with Gasteiger partial charge in [0, 0.05) is 5.75 Å². The van der Waals surface area contributed by atoms with Crippen LogP contribution in [0.5, 0.6) is 0 Å². The topological polar surface area (TPSA) is 34.9 Å². The first-order chi connectivity index (χ1) is 11.2. The van der Waals surface area contributed by atoms with Gasteiger partial charge in [0.15, 0.2) is 5.16 Å². The van der Waals surface area contributed by atoms with Crippen molar-refractivity contribution in [2.45, 2.75) is 11.7 Å². The fourth-order valence-electron chi connectivity index (χ4n) is 2.30. The standard InChI is InChI=1S/C18H15FN2OS/c1-2-11-23-18-20-16-6-4-3-5-15(16)17(22)21(18)12-13-7-9-14(19)10-8-13/h2-10H,1,11-12H2. The molecule has 5 heteroatoms. The maximum atomic E-state index is 13.1. The lowest BCUT2D eigenvalue weighted by atomic mass is 10.2. The number of thioether (sulfide) groups is 1. The van der Waals surface area contributed by atoms with E-state index in [0.717, 1.165) is 5.56 Å². The van der Waals surface area contributed by atoms with E-state index in [0.29, 0.717) is 28.4 Å². The van der Waals surface area contributed by atoms with Crippen molar-refractivity contribution in [3.05, 3.63) is 82.9 Å². The number of aromatic nitrogens is 2. The Labute approximate surface area is 137 Å². The number of para-hydroxylation sites is 1. The van der Waals surface area contributed by atoms with E-state index >= 15 is 0 Å². The van der Waals surface area contributed by atoms with Crippen molar-refractivity contribution < 1.29 is 4.39 Å². The Hall–Kier alpha value is -2.40. The first-order valence-corrected chi connectivity index (χ1v) is 8.15. The zero-order valence-electron chi connectivity index (χ0n) is 12.4. The molecule has 1 aromatic heterocycles. The Morgan fingerprint density at radius 1 is 1.17 bits per heavy atom. The SMILES string of the molecule is C=CCSc1nc2ccccc2c(=O)n1Cc1ccc(F)cc1.